The van der Waals surface area contributed by atoms with E-state index < -0.39 is 23.7 Å². The first-order valence-electron chi connectivity index (χ1n) is 7.82. The highest BCUT2D eigenvalue weighted by Gasteiger charge is 2.39. The van der Waals surface area contributed by atoms with Gasteiger partial charge in [-0.25, -0.2) is 4.98 Å². The van der Waals surface area contributed by atoms with E-state index in [0.29, 0.717) is 18.5 Å². The molecule has 130 valence electrons. The van der Waals surface area contributed by atoms with Crippen molar-refractivity contribution < 1.29 is 22.8 Å². The second-order valence-electron chi connectivity index (χ2n) is 6.58. The molecule has 2 aliphatic rings. The summed E-state index contributed by atoms with van der Waals surface area (Å²) in [5.74, 6) is -1.16. The molecule has 1 aromatic heterocycles. The average Bonchev–Trinajstić information content (AvgIpc) is 3.27. The molecule has 1 aromatic rings. The number of hydrogen-bond donors (Lipinski definition) is 1. The van der Waals surface area contributed by atoms with Gasteiger partial charge in [-0.1, -0.05) is 0 Å². The van der Waals surface area contributed by atoms with E-state index in [4.69, 9.17) is 5.73 Å². The van der Waals surface area contributed by atoms with Crippen LogP contribution in [0.3, 0.4) is 0 Å². The molecule has 2 N–H and O–H groups in total. The number of pyridine rings is 1. The number of hydrogen-bond acceptors (Lipinski definition) is 3. The van der Waals surface area contributed by atoms with Crippen LogP contribution in [0.2, 0.25) is 0 Å². The Morgan fingerprint density at radius 2 is 1.88 bits per heavy atom. The molecule has 2 amide bonds. The molecule has 0 unspecified atom stereocenters. The van der Waals surface area contributed by atoms with Crippen molar-refractivity contribution >= 4 is 11.8 Å². The fourth-order valence-electron chi connectivity index (χ4n) is 2.91. The number of carbonyl (C=O) groups excluding carboxylic acids is 2. The van der Waals surface area contributed by atoms with E-state index in [1.165, 1.54) is 18.0 Å². The first-order chi connectivity index (χ1) is 11.2. The van der Waals surface area contributed by atoms with Gasteiger partial charge in [0.2, 0.25) is 5.91 Å². The standard InChI is InChI=1S/C16H18F3N3O2/c1-22(11-4-9(5-11)14(20)23)15(24)10-6-12(8-2-3-8)21-13(7-10)16(17,18)19/h6-9,11H,2-5H2,1H3,(H2,20,23). The van der Waals surface area contributed by atoms with Crippen LogP contribution in [0.25, 0.3) is 0 Å². The molecular formula is C16H18F3N3O2. The van der Waals surface area contributed by atoms with Gasteiger partial charge in [0, 0.05) is 36.2 Å². The number of aromatic nitrogens is 1. The van der Waals surface area contributed by atoms with Crippen LogP contribution in [0.5, 0.6) is 0 Å². The van der Waals surface area contributed by atoms with Crippen molar-refractivity contribution in [1.82, 2.24) is 9.88 Å². The topological polar surface area (TPSA) is 76.3 Å². The number of rotatable bonds is 4. The highest BCUT2D eigenvalue weighted by molar-refractivity contribution is 5.94. The van der Waals surface area contributed by atoms with Crippen LogP contribution in [0.15, 0.2) is 12.1 Å². The highest BCUT2D eigenvalue weighted by atomic mass is 19.4. The summed E-state index contributed by atoms with van der Waals surface area (Å²) in [6.07, 6.45) is -2.11. The van der Waals surface area contributed by atoms with Gasteiger partial charge >= 0.3 is 6.18 Å². The monoisotopic (exact) mass is 341 g/mol. The van der Waals surface area contributed by atoms with E-state index in [1.807, 2.05) is 0 Å². The van der Waals surface area contributed by atoms with E-state index in [-0.39, 0.29) is 23.4 Å². The van der Waals surface area contributed by atoms with Crippen LogP contribution in [0.1, 0.15) is 53.3 Å². The smallest absolute Gasteiger partial charge is 0.369 e. The molecule has 0 spiro atoms. The molecule has 2 saturated carbocycles. The van der Waals surface area contributed by atoms with Gasteiger partial charge in [0.05, 0.1) is 0 Å². The molecule has 3 rings (SSSR count). The van der Waals surface area contributed by atoms with Crippen LogP contribution in [-0.2, 0) is 11.0 Å². The molecule has 0 saturated heterocycles. The van der Waals surface area contributed by atoms with Crippen molar-refractivity contribution in [2.75, 3.05) is 7.05 Å². The summed E-state index contributed by atoms with van der Waals surface area (Å²) in [7, 11) is 1.54. The zero-order valence-electron chi connectivity index (χ0n) is 13.1. The fraction of sp³-hybridized carbons (Fsp3) is 0.562. The SMILES string of the molecule is CN(C(=O)c1cc(C2CC2)nc(C(F)(F)F)c1)C1CC(C(N)=O)C1. The minimum absolute atomic E-state index is 0.00657. The number of amides is 2. The highest BCUT2D eigenvalue weighted by Crippen LogP contribution is 2.41. The number of halogens is 3. The van der Waals surface area contributed by atoms with Gasteiger partial charge in [0.25, 0.3) is 5.91 Å². The molecule has 8 heteroatoms. The Kier molecular flexibility index (Phi) is 4.01. The van der Waals surface area contributed by atoms with E-state index in [2.05, 4.69) is 4.98 Å². The van der Waals surface area contributed by atoms with Gasteiger partial charge in [0.15, 0.2) is 0 Å². The first kappa shape index (κ1) is 16.7. The Morgan fingerprint density at radius 3 is 2.38 bits per heavy atom. The van der Waals surface area contributed by atoms with Gasteiger partial charge in [-0.3, -0.25) is 9.59 Å². The van der Waals surface area contributed by atoms with Crippen LogP contribution in [0, 0.1) is 5.92 Å². The molecule has 0 radical (unpaired) electrons. The van der Waals surface area contributed by atoms with Gasteiger partial charge in [0.1, 0.15) is 5.69 Å². The minimum atomic E-state index is -4.59. The predicted octanol–water partition coefficient (Wildman–Crippen LogP) is 2.31. The normalized spacial score (nSPS) is 23.5. The molecule has 0 atom stereocenters. The number of nitrogens with two attached hydrogens (primary N) is 1. The quantitative estimate of drug-likeness (QED) is 0.913. The summed E-state index contributed by atoms with van der Waals surface area (Å²) in [5, 5.41) is 0. The zero-order valence-corrected chi connectivity index (χ0v) is 13.1. The number of primary amides is 1. The Bertz CT molecular complexity index is 680. The molecule has 0 aromatic carbocycles. The zero-order chi connectivity index (χ0) is 17.6. The summed E-state index contributed by atoms with van der Waals surface area (Å²) in [6, 6.07) is 2.08. The van der Waals surface area contributed by atoms with Crippen molar-refractivity contribution in [3.8, 4) is 0 Å². The second-order valence-corrected chi connectivity index (χ2v) is 6.58. The van der Waals surface area contributed by atoms with E-state index in [0.717, 1.165) is 18.9 Å². The molecule has 2 aliphatic carbocycles. The van der Waals surface area contributed by atoms with Crippen molar-refractivity contribution in [3.63, 3.8) is 0 Å². The van der Waals surface area contributed by atoms with Gasteiger partial charge in [-0.2, -0.15) is 13.2 Å². The maximum absolute atomic E-state index is 13.0. The fourth-order valence-corrected chi connectivity index (χ4v) is 2.91. The van der Waals surface area contributed by atoms with Crippen LogP contribution in [0.4, 0.5) is 13.2 Å². The van der Waals surface area contributed by atoms with Crippen LogP contribution in [-0.4, -0.2) is 34.8 Å². The van der Waals surface area contributed by atoms with Crippen LogP contribution >= 0.6 is 0 Å². The largest absolute Gasteiger partial charge is 0.433 e. The van der Waals surface area contributed by atoms with Crippen molar-refractivity contribution in [1.29, 1.82) is 0 Å². The van der Waals surface area contributed by atoms with Crippen LogP contribution < -0.4 is 5.73 Å². The Hall–Kier alpha value is -2.12. The third-order valence-electron chi connectivity index (χ3n) is 4.76. The molecule has 24 heavy (non-hydrogen) atoms. The molecule has 0 aliphatic heterocycles. The van der Waals surface area contributed by atoms with Gasteiger partial charge in [-0.15, -0.1) is 0 Å². The van der Waals surface area contributed by atoms with E-state index in [9.17, 15) is 22.8 Å². The van der Waals surface area contributed by atoms with Gasteiger partial charge in [-0.05, 0) is 37.8 Å². The van der Waals surface area contributed by atoms with Crippen molar-refractivity contribution in [2.24, 2.45) is 11.7 Å². The lowest BCUT2D eigenvalue weighted by atomic mass is 9.79. The molecule has 1 heterocycles. The first-order valence-corrected chi connectivity index (χ1v) is 7.82. The second kappa shape index (κ2) is 5.75. The molecule has 0 bridgehead atoms. The van der Waals surface area contributed by atoms with Gasteiger partial charge < -0.3 is 10.6 Å². The number of carbonyl (C=O) groups is 2. The number of alkyl halides is 3. The lowest BCUT2D eigenvalue weighted by molar-refractivity contribution is -0.141. The Balaban J connectivity index is 1.81. The number of nitrogens with zero attached hydrogens (tertiary/aromatic N) is 2. The Labute approximate surface area is 137 Å². The molecule has 2 fully saturated rings. The minimum Gasteiger partial charge on any atom is -0.369 e. The summed E-state index contributed by atoms with van der Waals surface area (Å²) in [4.78, 5) is 28.7. The maximum Gasteiger partial charge on any atom is 0.433 e. The van der Waals surface area contributed by atoms with E-state index in [1.54, 1.807) is 0 Å². The summed E-state index contributed by atoms with van der Waals surface area (Å²) < 4.78 is 39.1. The molecule has 5 nitrogen and oxygen atoms in total. The summed E-state index contributed by atoms with van der Waals surface area (Å²) >= 11 is 0. The summed E-state index contributed by atoms with van der Waals surface area (Å²) in [5.41, 5.74) is 4.48. The third-order valence-corrected chi connectivity index (χ3v) is 4.76. The average molecular weight is 341 g/mol. The summed E-state index contributed by atoms with van der Waals surface area (Å²) in [6.45, 7) is 0. The predicted molar refractivity (Wildman–Crippen MR) is 79.0 cm³/mol. The van der Waals surface area contributed by atoms with Crippen molar-refractivity contribution in [2.45, 2.75) is 43.8 Å². The third kappa shape index (κ3) is 3.22. The van der Waals surface area contributed by atoms with E-state index >= 15 is 0 Å². The lowest BCUT2D eigenvalue weighted by Gasteiger charge is -2.39. The Morgan fingerprint density at radius 1 is 1.25 bits per heavy atom. The maximum atomic E-state index is 13.0. The van der Waals surface area contributed by atoms with Crippen molar-refractivity contribution in [3.05, 3.63) is 29.1 Å². The lowest BCUT2D eigenvalue weighted by Crippen LogP contribution is -2.49. The molecular weight excluding hydrogens is 323 g/mol.